The van der Waals surface area contributed by atoms with Crippen LogP contribution in [0.15, 0.2) is 24.4 Å². The highest BCUT2D eigenvalue weighted by Crippen LogP contribution is 2.39. The molecule has 122 valence electrons. The minimum Gasteiger partial charge on any atom is -0.493 e. The van der Waals surface area contributed by atoms with E-state index in [9.17, 15) is 9.59 Å². The molecular formula is C16H18N2O5. The summed E-state index contributed by atoms with van der Waals surface area (Å²) in [6, 6.07) is 4.73. The molecule has 1 amide bonds. The van der Waals surface area contributed by atoms with Crippen LogP contribution in [0, 0.1) is 0 Å². The van der Waals surface area contributed by atoms with Crippen molar-refractivity contribution in [2.24, 2.45) is 0 Å². The van der Waals surface area contributed by atoms with Crippen molar-refractivity contribution in [3.63, 3.8) is 0 Å². The van der Waals surface area contributed by atoms with Gasteiger partial charge in [0.2, 0.25) is 5.75 Å². The number of methoxy groups -OCH3 is 3. The molecule has 0 spiro atoms. The lowest BCUT2D eigenvalue weighted by Gasteiger charge is -2.14. The maximum Gasteiger partial charge on any atom is 0.272 e. The number of amides is 1. The predicted octanol–water partition coefficient (Wildman–Crippen LogP) is 2.50. The van der Waals surface area contributed by atoms with Gasteiger partial charge in [0.05, 0.1) is 21.3 Å². The standard InChI is InChI=1S/C16H18N2O5/c1-9(19)10-5-12(17-8-10)16(20)18-11-6-13(21-2)15(23-4)14(7-11)22-3/h5-8,17H,1-4H3,(H,18,20). The molecule has 2 aromatic rings. The van der Waals surface area contributed by atoms with Crippen LogP contribution >= 0.6 is 0 Å². The lowest BCUT2D eigenvalue weighted by Crippen LogP contribution is -2.12. The fraction of sp³-hybridized carbons (Fsp3) is 0.250. The Morgan fingerprint density at radius 1 is 1.00 bits per heavy atom. The van der Waals surface area contributed by atoms with Crippen molar-refractivity contribution in [3.8, 4) is 17.2 Å². The SMILES string of the molecule is COc1cc(NC(=O)c2cc(C(C)=O)c[nH]2)cc(OC)c1OC. The van der Waals surface area contributed by atoms with Crippen LogP contribution in [-0.2, 0) is 0 Å². The molecule has 0 radical (unpaired) electrons. The van der Waals surface area contributed by atoms with Gasteiger partial charge in [-0.25, -0.2) is 0 Å². The third-order valence-corrected chi connectivity index (χ3v) is 3.26. The number of aromatic nitrogens is 1. The van der Waals surface area contributed by atoms with E-state index >= 15 is 0 Å². The molecule has 1 heterocycles. The predicted molar refractivity (Wildman–Crippen MR) is 84.8 cm³/mol. The lowest BCUT2D eigenvalue weighted by atomic mass is 10.2. The third kappa shape index (κ3) is 3.45. The molecule has 0 saturated carbocycles. The Kier molecular flexibility index (Phi) is 4.90. The Hall–Kier alpha value is -2.96. The Bertz CT molecular complexity index is 711. The van der Waals surface area contributed by atoms with E-state index < -0.39 is 0 Å². The van der Waals surface area contributed by atoms with Crippen LogP contribution in [0.3, 0.4) is 0 Å². The third-order valence-electron chi connectivity index (χ3n) is 3.26. The first-order chi connectivity index (χ1) is 11.0. The van der Waals surface area contributed by atoms with Gasteiger partial charge in [-0.05, 0) is 13.0 Å². The molecule has 0 fully saturated rings. The average Bonchev–Trinajstić information content (AvgIpc) is 3.04. The number of anilines is 1. The van der Waals surface area contributed by atoms with Crippen LogP contribution in [0.5, 0.6) is 17.2 Å². The second kappa shape index (κ2) is 6.87. The van der Waals surface area contributed by atoms with Gasteiger partial charge in [-0.15, -0.1) is 0 Å². The fourth-order valence-corrected chi connectivity index (χ4v) is 2.08. The number of hydrogen-bond acceptors (Lipinski definition) is 5. The number of ether oxygens (including phenoxy) is 3. The second-order valence-electron chi connectivity index (χ2n) is 4.73. The van der Waals surface area contributed by atoms with Crippen LogP contribution in [0.25, 0.3) is 0 Å². The van der Waals surface area contributed by atoms with E-state index in [1.165, 1.54) is 40.5 Å². The molecule has 0 aliphatic rings. The fourth-order valence-electron chi connectivity index (χ4n) is 2.08. The number of Topliss-reactive ketones (excluding diaryl/α,β-unsaturated/α-hetero) is 1. The summed E-state index contributed by atoms with van der Waals surface area (Å²) in [5.41, 5.74) is 1.20. The molecule has 0 bridgehead atoms. The summed E-state index contributed by atoms with van der Waals surface area (Å²) in [4.78, 5) is 26.3. The van der Waals surface area contributed by atoms with Gasteiger partial charge in [0.1, 0.15) is 5.69 Å². The topological polar surface area (TPSA) is 89.7 Å². The Morgan fingerprint density at radius 2 is 1.61 bits per heavy atom. The Labute approximate surface area is 133 Å². The molecule has 1 aromatic carbocycles. The number of ketones is 1. The van der Waals surface area contributed by atoms with E-state index in [0.717, 1.165) is 0 Å². The summed E-state index contributed by atoms with van der Waals surface area (Å²) in [6.45, 7) is 1.43. The summed E-state index contributed by atoms with van der Waals surface area (Å²) in [7, 11) is 4.49. The summed E-state index contributed by atoms with van der Waals surface area (Å²) >= 11 is 0. The molecule has 0 aliphatic heterocycles. The van der Waals surface area contributed by atoms with E-state index in [1.54, 1.807) is 12.1 Å². The van der Waals surface area contributed by atoms with Gasteiger partial charge in [0.15, 0.2) is 17.3 Å². The first kappa shape index (κ1) is 16.4. The summed E-state index contributed by atoms with van der Waals surface area (Å²) in [5.74, 6) is 0.794. The van der Waals surface area contributed by atoms with E-state index in [1.807, 2.05) is 0 Å². The van der Waals surface area contributed by atoms with Crippen LogP contribution in [-0.4, -0.2) is 38.0 Å². The van der Waals surface area contributed by atoms with E-state index in [-0.39, 0.29) is 17.4 Å². The van der Waals surface area contributed by atoms with E-state index in [2.05, 4.69) is 10.3 Å². The van der Waals surface area contributed by atoms with Crippen molar-refractivity contribution >= 4 is 17.4 Å². The van der Waals surface area contributed by atoms with Crippen molar-refractivity contribution in [1.82, 2.24) is 4.98 Å². The van der Waals surface area contributed by atoms with Crippen LogP contribution in [0.1, 0.15) is 27.8 Å². The van der Waals surface area contributed by atoms with Crippen molar-refractivity contribution in [3.05, 3.63) is 35.7 Å². The number of H-pyrrole nitrogens is 1. The Balaban J connectivity index is 2.28. The first-order valence-electron chi connectivity index (χ1n) is 6.80. The van der Waals surface area contributed by atoms with Gasteiger partial charge in [-0.3, -0.25) is 9.59 Å². The lowest BCUT2D eigenvalue weighted by molar-refractivity contribution is 0.101. The van der Waals surface area contributed by atoms with Crippen molar-refractivity contribution < 1.29 is 23.8 Å². The zero-order chi connectivity index (χ0) is 17.0. The van der Waals surface area contributed by atoms with Crippen LogP contribution < -0.4 is 19.5 Å². The summed E-state index contributed by atoms with van der Waals surface area (Å²) in [5, 5.41) is 2.71. The molecule has 2 N–H and O–H groups in total. The molecule has 7 nitrogen and oxygen atoms in total. The van der Waals surface area contributed by atoms with Gasteiger partial charge < -0.3 is 24.5 Å². The van der Waals surface area contributed by atoms with E-state index in [4.69, 9.17) is 14.2 Å². The highest BCUT2D eigenvalue weighted by Gasteiger charge is 2.16. The Morgan fingerprint density at radius 3 is 2.04 bits per heavy atom. The highest BCUT2D eigenvalue weighted by molar-refractivity contribution is 6.05. The van der Waals surface area contributed by atoms with E-state index in [0.29, 0.717) is 28.5 Å². The average molecular weight is 318 g/mol. The first-order valence-corrected chi connectivity index (χ1v) is 6.80. The smallest absolute Gasteiger partial charge is 0.272 e. The maximum absolute atomic E-state index is 12.2. The zero-order valence-electron chi connectivity index (χ0n) is 13.4. The van der Waals surface area contributed by atoms with Gasteiger partial charge in [-0.1, -0.05) is 0 Å². The van der Waals surface area contributed by atoms with Crippen molar-refractivity contribution in [2.45, 2.75) is 6.92 Å². The second-order valence-corrected chi connectivity index (χ2v) is 4.73. The maximum atomic E-state index is 12.2. The number of carbonyl (C=O) groups excluding carboxylic acids is 2. The summed E-state index contributed by atoms with van der Waals surface area (Å²) < 4.78 is 15.7. The van der Waals surface area contributed by atoms with Gasteiger partial charge in [-0.2, -0.15) is 0 Å². The molecule has 0 saturated heterocycles. The minimum atomic E-state index is -0.383. The quantitative estimate of drug-likeness (QED) is 0.799. The number of carbonyl (C=O) groups is 2. The summed E-state index contributed by atoms with van der Waals surface area (Å²) in [6.07, 6.45) is 1.49. The number of aromatic amines is 1. The number of benzene rings is 1. The highest BCUT2D eigenvalue weighted by atomic mass is 16.5. The molecular weight excluding hydrogens is 300 g/mol. The van der Waals surface area contributed by atoms with Gasteiger partial charge in [0, 0.05) is 29.6 Å². The number of nitrogens with one attached hydrogen (secondary N) is 2. The number of rotatable bonds is 6. The molecule has 7 heteroatoms. The van der Waals surface area contributed by atoms with Crippen LogP contribution in [0.2, 0.25) is 0 Å². The molecule has 0 unspecified atom stereocenters. The molecule has 1 aromatic heterocycles. The van der Waals surface area contributed by atoms with Crippen molar-refractivity contribution in [1.29, 1.82) is 0 Å². The molecule has 23 heavy (non-hydrogen) atoms. The van der Waals surface area contributed by atoms with Crippen molar-refractivity contribution in [2.75, 3.05) is 26.6 Å². The largest absolute Gasteiger partial charge is 0.493 e. The van der Waals surface area contributed by atoms with Gasteiger partial charge >= 0.3 is 0 Å². The zero-order valence-corrected chi connectivity index (χ0v) is 13.4. The van der Waals surface area contributed by atoms with Crippen LogP contribution in [0.4, 0.5) is 5.69 Å². The molecule has 0 aliphatic carbocycles. The molecule has 0 atom stereocenters. The number of hydrogen-bond donors (Lipinski definition) is 2. The minimum absolute atomic E-state index is 0.118. The molecule has 2 rings (SSSR count). The normalized spacial score (nSPS) is 10.1. The van der Waals surface area contributed by atoms with Gasteiger partial charge in [0.25, 0.3) is 5.91 Å². The monoisotopic (exact) mass is 318 g/mol.